The van der Waals surface area contributed by atoms with Crippen LogP contribution >= 0.6 is 0 Å². The van der Waals surface area contributed by atoms with Crippen LogP contribution in [0.1, 0.15) is 18.4 Å². The number of amides is 1. The van der Waals surface area contributed by atoms with Crippen molar-refractivity contribution in [2.45, 2.75) is 25.4 Å². The molecule has 0 spiro atoms. The minimum Gasteiger partial charge on any atom is -0.338 e. The summed E-state index contributed by atoms with van der Waals surface area (Å²) in [5.74, 6) is 0.242. The molecule has 1 atom stereocenters. The lowest BCUT2D eigenvalue weighted by Crippen LogP contribution is -2.45. The van der Waals surface area contributed by atoms with Gasteiger partial charge in [-0.05, 0) is 12.0 Å². The van der Waals surface area contributed by atoms with Gasteiger partial charge in [0.1, 0.15) is 0 Å². The van der Waals surface area contributed by atoms with Gasteiger partial charge < -0.3 is 10.2 Å². The largest absolute Gasteiger partial charge is 0.338 e. The number of carbonyl (C=O) groups is 1. The van der Waals surface area contributed by atoms with Crippen molar-refractivity contribution in [3.63, 3.8) is 0 Å². The molecule has 1 aromatic carbocycles. The van der Waals surface area contributed by atoms with Gasteiger partial charge in [-0.25, -0.2) is 0 Å². The Kier molecular flexibility index (Phi) is 4.53. The minimum absolute atomic E-state index is 0.242. The van der Waals surface area contributed by atoms with Gasteiger partial charge in [0.15, 0.2) is 0 Å². The minimum atomic E-state index is 0.242. The third kappa shape index (κ3) is 3.44. The number of hydrogen-bond donors (Lipinski definition) is 1. The fourth-order valence-corrected chi connectivity index (χ4v) is 2.27. The highest BCUT2D eigenvalue weighted by molar-refractivity contribution is 5.77. The summed E-state index contributed by atoms with van der Waals surface area (Å²) in [4.78, 5) is 14.0. The number of nitrogens with one attached hydrogen (secondary N) is 1. The number of nitrogens with zero attached hydrogens (tertiary/aromatic N) is 1. The lowest BCUT2D eigenvalue weighted by Gasteiger charge is -2.32. The number of piperidine rings is 1. The van der Waals surface area contributed by atoms with Gasteiger partial charge in [-0.1, -0.05) is 36.4 Å². The summed E-state index contributed by atoms with van der Waals surface area (Å²) in [7, 11) is 0. The molecular weight excluding hydrogens is 224 g/mol. The highest BCUT2D eigenvalue weighted by atomic mass is 16.2. The van der Waals surface area contributed by atoms with E-state index in [2.05, 4.69) is 24.0 Å². The number of likely N-dealkylation sites (tertiary alicyclic amines) is 1. The van der Waals surface area contributed by atoms with Crippen LogP contribution in [-0.2, 0) is 11.3 Å². The molecule has 0 bridgehead atoms. The van der Waals surface area contributed by atoms with Gasteiger partial charge in [0.05, 0.1) is 0 Å². The van der Waals surface area contributed by atoms with Crippen molar-refractivity contribution in [1.29, 1.82) is 0 Å². The Balaban J connectivity index is 1.86. The Bertz CT molecular complexity index is 402. The summed E-state index contributed by atoms with van der Waals surface area (Å²) in [5.41, 5.74) is 1.20. The van der Waals surface area contributed by atoms with Crippen molar-refractivity contribution in [1.82, 2.24) is 10.2 Å². The van der Waals surface area contributed by atoms with Crippen LogP contribution in [0.2, 0.25) is 0 Å². The van der Waals surface area contributed by atoms with E-state index in [9.17, 15) is 4.79 Å². The maximum Gasteiger partial charge on any atom is 0.224 e. The van der Waals surface area contributed by atoms with Crippen LogP contribution in [0, 0.1) is 0 Å². The molecule has 0 aromatic heterocycles. The molecule has 0 unspecified atom stereocenters. The van der Waals surface area contributed by atoms with Crippen LogP contribution in [0.15, 0.2) is 43.0 Å². The average molecular weight is 244 g/mol. The van der Waals surface area contributed by atoms with E-state index in [1.807, 2.05) is 29.2 Å². The smallest absolute Gasteiger partial charge is 0.224 e. The second-order valence-corrected chi connectivity index (χ2v) is 4.69. The Morgan fingerprint density at radius 1 is 1.39 bits per heavy atom. The van der Waals surface area contributed by atoms with Gasteiger partial charge in [0.25, 0.3) is 0 Å². The van der Waals surface area contributed by atoms with Gasteiger partial charge in [0.2, 0.25) is 5.91 Å². The first-order valence-corrected chi connectivity index (χ1v) is 6.45. The molecule has 1 fully saturated rings. The molecule has 1 saturated heterocycles. The van der Waals surface area contributed by atoms with Crippen molar-refractivity contribution >= 4 is 5.91 Å². The zero-order valence-corrected chi connectivity index (χ0v) is 10.6. The van der Waals surface area contributed by atoms with Crippen LogP contribution < -0.4 is 5.32 Å². The monoisotopic (exact) mass is 244 g/mol. The van der Waals surface area contributed by atoms with E-state index in [4.69, 9.17) is 0 Å². The SMILES string of the molecule is C=CCN[C@H]1CCN(Cc2ccccc2)C(=O)C1. The highest BCUT2D eigenvalue weighted by Gasteiger charge is 2.24. The molecule has 1 aliphatic rings. The van der Waals surface area contributed by atoms with E-state index in [1.165, 1.54) is 5.56 Å². The predicted octanol–water partition coefficient (Wildman–Crippen LogP) is 1.95. The Hall–Kier alpha value is -1.61. The molecule has 1 amide bonds. The van der Waals surface area contributed by atoms with Crippen LogP contribution in [-0.4, -0.2) is 29.9 Å². The molecule has 0 radical (unpaired) electrons. The quantitative estimate of drug-likeness (QED) is 0.803. The first kappa shape index (κ1) is 12.8. The van der Waals surface area contributed by atoms with Crippen LogP contribution in [0.3, 0.4) is 0 Å². The maximum absolute atomic E-state index is 12.0. The molecule has 1 aromatic rings. The zero-order valence-electron chi connectivity index (χ0n) is 10.6. The molecule has 96 valence electrons. The van der Waals surface area contributed by atoms with E-state index in [0.29, 0.717) is 12.5 Å². The predicted molar refractivity (Wildman–Crippen MR) is 73.1 cm³/mol. The third-order valence-corrected chi connectivity index (χ3v) is 3.29. The van der Waals surface area contributed by atoms with Gasteiger partial charge in [0, 0.05) is 32.1 Å². The second-order valence-electron chi connectivity index (χ2n) is 4.69. The fourth-order valence-electron chi connectivity index (χ4n) is 2.27. The number of benzene rings is 1. The van der Waals surface area contributed by atoms with E-state index < -0.39 is 0 Å². The Morgan fingerprint density at radius 2 is 2.17 bits per heavy atom. The summed E-state index contributed by atoms with van der Waals surface area (Å²) in [5, 5.41) is 3.32. The van der Waals surface area contributed by atoms with Crippen molar-refractivity contribution in [3.8, 4) is 0 Å². The first-order valence-electron chi connectivity index (χ1n) is 6.45. The van der Waals surface area contributed by atoms with E-state index in [0.717, 1.165) is 26.1 Å². The lowest BCUT2D eigenvalue weighted by molar-refractivity contribution is -0.134. The summed E-state index contributed by atoms with van der Waals surface area (Å²) in [6, 6.07) is 10.5. The van der Waals surface area contributed by atoms with Crippen LogP contribution in [0.5, 0.6) is 0 Å². The van der Waals surface area contributed by atoms with Crippen molar-refractivity contribution in [2.75, 3.05) is 13.1 Å². The molecule has 1 heterocycles. The Labute approximate surface area is 108 Å². The Morgan fingerprint density at radius 3 is 2.83 bits per heavy atom. The number of rotatable bonds is 5. The number of carbonyl (C=O) groups excluding carboxylic acids is 1. The van der Waals surface area contributed by atoms with Gasteiger partial charge in [-0.15, -0.1) is 6.58 Å². The van der Waals surface area contributed by atoms with E-state index in [1.54, 1.807) is 0 Å². The van der Waals surface area contributed by atoms with Crippen molar-refractivity contribution < 1.29 is 4.79 Å². The van der Waals surface area contributed by atoms with Gasteiger partial charge in [-0.3, -0.25) is 4.79 Å². The highest BCUT2D eigenvalue weighted by Crippen LogP contribution is 2.15. The summed E-state index contributed by atoms with van der Waals surface area (Å²) in [6.07, 6.45) is 3.45. The van der Waals surface area contributed by atoms with Gasteiger partial charge in [-0.2, -0.15) is 0 Å². The summed E-state index contributed by atoms with van der Waals surface area (Å²) >= 11 is 0. The number of hydrogen-bond acceptors (Lipinski definition) is 2. The molecule has 0 saturated carbocycles. The average Bonchev–Trinajstić information content (AvgIpc) is 2.40. The molecule has 1 N–H and O–H groups in total. The zero-order chi connectivity index (χ0) is 12.8. The first-order chi connectivity index (χ1) is 8.79. The lowest BCUT2D eigenvalue weighted by atomic mass is 10.0. The molecule has 0 aliphatic carbocycles. The topological polar surface area (TPSA) is 32.3 Å². The van der Waals surface area contributed by atoms with Crippen molar-refractivity contribution in [2.24, 2.45) is 0 Å². The van der Waals surface area contributed by atoms with Crippen LogP contribution in [0.25, 0.3) is 0 Å². The molecule has 18 heavy (non-hydrogen) atoms. The van der Waals surface area contributed by atoms with Crippen molar-refractivity contribution in [3.05, 3.63) is 48.6 Å². The van der Waals surface area contributed by atoms with E-state index >= 15 is 0 Å². The summed E-state index contributed by atoms with van der Waals surface area (Å²) < 4.78 is 0. The molecule has 1 aliphatic heterocycles. The summed E-state index contributed by atoms with van der Waals surface area (Å²) in [6.45, 7) is 6.02. The fraction of sp³-hybridized carbons (Fsp3) is 0.400. The molecular formula is C15H20N2O. The standard InChI is InChI=1S/C15H20N2O/c1-2-9-16-14-8-10-17(15(18)11-14)12-13-6-4-3-5-7-13/h2-7,14,16H,1,8-12H2/t14-/m0/s1. The van der Waals surface area contributed by atoms with Crippen LogP contribution in [0.4, 0.5) is 0 Å². The second kappa shape index (κ2) is 6.36. The molecule has 2 rings (SSSR count). The molecule has 3 nitrogen and oxygen atoms in total. The maximum atomic E-state index is 12.0. The molecule has 3 heteroatoms. The third-order valence-electron chi connectivity index (χ3n) is 3.29. The van der Waals surface area contributed by atoms with E-state index in [-0.39, 0.29) is 5.91 Å². The van der Waals surface area contributed by atoms with Gasteiger partial charge >= 0.3 is 0 Å². The normalized spacial score (nSPS) is 19.9.